The van der Waals surface area contributed by atoms with E-state index in [1.807, 2.05) is 18.2 Å². The van der Waals surface area contributed by atoms with Crippen LogP contribution in [0.25, 0.3) is 0 Å². The minimum absolute atomic E-state index is 0.198. The van der Waals surface area contributed by atoms with Crippen LogP contribution in [0.5, 0.6) is 0 Å². The van der Waals surface area contributed by atoms with Gasteiger partial charge in [-0.1, -0.05) is 18.2 Å². The maximum absolute atomic E-state index is 12.7. The van der Waals surface area contributed by atoms with Crippen LogP contribution in [0, 0.1) is 0 Å². The summed E-state index contributed by atoms with van der Waals surface area (Å²) in [7, 11) is 0. The van der Waals surface area contributed by atoms with Crippen molar-refractivity contribution in [3.63, 3.8) is 0 Å². The first-order chi connectivity index (χ1) is 14.0. The Morgan fingerprint density at radius 1 is 1.07 bits per heavy atom. The molecule has 0 aliphatic heterocycles. The van der Waals surface area contributed by atoms with Crippen molar-refractivity contribution in [2.24, 2.45) is 0 Å². The molecule has 7 nitrogen and oxygen atoms in total. The van der Waals surface area contributed by atoms with Gasteiger partial charge in [0.25, 0.3) is 0 Å². The van der Waals surface area contributed by atoms with Gasteiger partial charge in [-0.2, -0.15) is 0 Å². The van der Waals surface area contributed by atoms with Gasteiger partial charge >= 0.3 is 18.0 Å². The average Bonchev–Trinajstić information content (AvgIpc) is 3.06. The average molecular weight is 416 g/mol. The fourth-order valence-corrected chi connectivity index (χ4v) is 4.70. The normalized spacial score (nSPS) is 15.2. The molecule has 0 bridgehead atoms. The Morgan fingerprint density at radius 3 is 2.48 bits per heavy atom. The van der Waals surface area contributed by atoms with E-state index in [0.29, 0.717) is 22.7 Å². The van der Waals surface area contributed by atoms with Gasteiger partial charge < -0.3 is 14.8 Å². The third kappa shape index (κ3) is 4.76. The van der Waals surface area contributed by atoms with Crippen molar-refractivity contribution >= 4 is 40.0 Å². The van der Waals surface area contributed by atoms with Gasteiger partial charge in [-0.15, -0.1) is 11.3 Å². The number of fused-ring (bicyclic) bond motifs is 1. The summed E-state index contributed by atoms with van der Waals surface area (Å²) in [4.78, 5) is 38.6. The van der Waals surface area contributed by atoms with Crippen molar-refractivity contribution in [3.8, 4) is 0 Å². The number of thiophene rings is 1. The highest BCUT2D eigenvalue weighted by Crippen LogP contribution is 2.44. The van der Waals surface area contributed by atoms with Gasteiger partial charge in [0.05, 0.1) is 24.7 Å². The number of anilines is 2. The maximum Gasteiger partial charge on any atom is 0.341 e. The molecule has 1 heterocycles. The van der Waals surface area contributed by atoms with Crippen LogP contribution in [0.3, 0.4) is 0 Å². The number of hydrogen-bond donors (Lipinski definition) is 2. The standard InChI is InChI=1S/C21H24N2O5S/c1-3-27-19(24)14-11-8-12-15-16(14)17(20(25)28-4-2)18(29-15)23-21(26)22-13-9-6-5-7-10-13/h5-7,9-10,14H,3-4,8,11-12H2,1-2H3,(H2,22,23,26)/t14-/m1/s1. The van der Waals surface area contributed by atoms with Gasteiger partial charge in [-0.05, 0) is 50.8 Å². The van der Waals surface area contributed by atoms with Crippen molar-refractivity contribution in [2.75, 3.05) is 23.8 Å². The summed E-state index contributed by atoms with van der Waals surface area (Å²) < 4.78 is 10.4. The van der Waals surface area contributed by atoms with E-state index in [1.165, 1.54) is 11.3 Å². The van der Waals surface area contributed by atoms with E-state index in [4.69, 9.17) is 9.47 Å². The Balaban J connectivity index is 1.93. The summed E-state index contributed by atoms with van der Waals surface area (Å²) in [6.07, 6.45) is 2.16. The summed E-state index contributed by atoms with van der Waals surface area (Å²) >= 11 is 1.31. The third-order valence-electron chi connectivity index (χ3n) is 4.58. The number of carbonyl (C=O) groups is 3. The molecule has 0 saturated carbocycles. The quantitative estimate of drug-likeness (QED) is 0.674. The van der Waals surface area contributed by atoms with Crippen LogP contribution >= 0.6 is 11.3 Å². The monoisotopic (exact) mass is 416 g/mol. The lowest BCUT2D eigenvalue weighted by atomic mass is 9.85. The molecule has 3 rings (SSSR count). The van der Waals surface area contributed by atoms with E-state index >= 15 is 0 Å². The molecule has 2 aromatic rings. The molecule has 0 unspecified atom stereocenters. The molecule has 1 atom stereocenters. The van der Waals surface area contributed by atoms with E-state index in [9.17, 15) is 14.4 Å². The number of urea groups is 1. The summed E-state index contributed by atoms with van der Waals surface area (Å²) in [5.41, 5.74) is 1.52. The predicted octanol–water partition coefficient (Wildman–Crippen LogP) is 4.55. The third-order valence-corrected chi connectivity index (χ3v) is 5.76. The molecule has 29 heavy (non-hydrogen) atoms. The predicted molar refractivity (Wildman–Crippen MR) is 112 cm³/mol. The van der Waals surface area contributed by atoms with Crippen molar-refractivity contribution in [3.05, 3.63) is 46.3 Å². The molecule has 1 aliphatic rings. The van der Waals surface area contributed by atoms with Crippen LogP contribution in [0.2, 0.25) is 0 Å². The Bertz CT molecular complexity index is 894. The molecule has 0 radical (unpaired) electrons. The van der Waals surface area contributed by atoms with Crippen LogP contribution in [0.15, 0.2) is 30.3 Å². The number of esters is 2. The van der Waals surface area contributed by atoms with Crippen molar-refractivity contribution < 1.29 is 23.9 Å². The highest BCUT2D eigenvalue weighted by Gasteiger charge is 2.36. The molecule has 1 aromatic heterocycles. The molecule has 2 N–H and O–H groups in total. The summed E-state index contributed by atoms with van der Waals surface area (Å²) in [5.74, 6) is -1.42. The zero-order chi connectivity index (χ0) is 20.8. The van der Waals surface area contributed by atoms with Gasteiger partial charge in [0, 0.05) is 10.6 Å². The Labute approximate surface area is 173 Å². The molecule has 0 spiro atoms. The minimum Gasteiger partial charge on any atom is -0.466 e. The SMILES string of the molecule is CCOC(=O)c1c(NC(=O)Nc2ccccc2)sc2c1[C@H](C(=O)OCC)CCC2. The van der Waals surface area contributed by atoms with Gasteiger partial charge in [0.2, 0.25) is 0 Å². The first-order valence-electron chi connectivity index (χ1n) is 9.67. The van der Waals surface area contributed by atoms with E-state index < -0.39 is 17.9 Å². The fraction of sp³-hybridized carbons (Fsp3) is 0.381. The highest BCUT2D eigenvalue weighted by molar-refractivity contribution is 7.17. The number of carbonyl (C=O) groups excluding carboxylic acids is 3. The topological polar surface area (TPSA) is 93.7 Å². The van der Waals surface area contributed by atoms with E-state index in [1.54, 1.807) is 26.0 Å². The molecule has 0 saturated heterocycles. The second-order valence-electron chi connectivity index (χ2n) is 6.51. The number of benzene rings is 1. The van der Waals surface area contributed by atoms with Crippen LogP contribution < -0.4 is 10.6 Å². The van der Waals surface area contributed by atoms with E-state index in [-0.39, 0.29) is 24.7 Å². The Hall–Kier alpha value is -2.87. The van der Waals surface area contributed by atoms with Gasteiger partial charge in [0.1, 0.15) is 5.00 Å². The summed E-state index contributed by atoms with van der Waals surface area (Å²) in [6.45, 7) is 3.94. The Morgan fingerprint density at radius 2 is 1.79 bits per heavy atom. The number of aryl methyl sites for hydroxylation is 1. The van der Waals surface area contributed by atoms with Crippen LogP contribution in [-0.2, 0) is 20.7 Å². The summed E-state index contributed by atoms with van der Waals surface area (Å²) in [5, 5.41) is 5.89. The number of hydrogen-bond acceptors (Lipinski definition) is 6. The number of amides is 2. The van der Waals surface area contributed by atoms with Gasteiger partial charge in [-0.3, -0.25) is 10.1 Å². The van der Waals surface area contributed by atoms with Crippen molar-refractivity contribution in [2.45, 2.75) is 39.0 Å². The van der Waals surface area contributed by atoms with E-state index in [2.05, 4.69) is 10.6 Å². The maximum atomic E-state index is 12.7. The zero-order valence-electron chi connectivity index (χ0n) is 16.4. The van der Waals surface area contributed by atoms with Crippen molar-refractivity contribution in [1.82, 2.24) is 0 Å². The highest BCUT2D eigenvalue weighted by atomic mass is 32.1. The van der Waals surface area contributed by atoms with Crippen LogP contribution in [-0.4, -0.2) is 31.2 Å². The Kier molecular flexibility index (Phi) is 6.87. The lowest BCUT2D eigenvalue weighted by molar-refractivity contribution is -0.145. The van der Waals surface area contributed by atoms with Crippen molar-refractivity contribution in [1.29, 1.82) is 0 Å². The van der Waals surface area contributed by atoms with Gasteiger partial charge in [-0.25, -0.2) is 9.59 Å². The summed E-state index contributed by atoms with van der Waals surface area (Å²) in [6, 6.07) is 8.54. The molecule has 8 heteroatoms. The van der Waals surface area contributed by atoms with Crippen LogP contribution in [0.1, 0.15) is 53.4 Å². The largest absolute Gasteiger partial charge is 0.466 e. The second kappa shape index (κ2) is 9.56. The number of ether oxygens (including phenoxy) is 2. The molecule has 154 valence electrons. The number of nitrogens with one attached hydrogen (secondary N) is 2. The molecular formula is C21H24N2O5S. The number of rotatable bonds is 6. The van der Waals surface area contributed by atoms with E-state index in [0.717, 1.165) is 17.7 Å². The molecule has 0 fully saturated rings. The molecule has 2 amide bonds. The number of para-hydroxylation sites is 1. The molecule has 1 aromatic carbocycles. The smallest absolute Gasteiger partial charge is 0.341 e. The zero-order valence-corrected chi connectivity index (χ0v) is 17.3. The lowest BCUT2D eigenvalue weighted by Gasteiger charge is -2.22. The first-order valence-corrected chi connectivity index (χ1v) is 10.5. The molecular weight excluding hydrogens is 392 g/mol. The minimum atomic E-state index is -0.545. The second-order valence-corrected chi connectivity index (χ2v) is 7.61. The van der Waals surface area contributed by atoms with Gasteiger partial charge in [0.15, 0.2) is 0 Å². The fourth-order valence-electron chi connectivity index (χ4n) is 3.42. The lowest BCUT2D eigenvalue weighted by Crippen LogP contribution is -2.24. The molecule has 1 aliphatic carbocycles. The first kappa shape index (κ1) is 20.9. The van der Waals surface area contributed by atoms with Crippen LogP contribution in [0.4, 0.5) is 15.5 Å².